The summed E-state index contributed by atoms with van der Waals surface area (Å²) in [6, 6.07) is 4.59. The van der Waals surface area contributed by atoms with E-state index in [1.807, 2.05) is 0 Å². The van der Waals surface area contributed by atoms with Crippen LogP contribution in [-0.2, 0) is 4.79 Å². The zero-order valence-corrected chi connectivity index (χ0v) is 8.25. The highest BCUT2D eigenvalue weighted by Crippen LogP contribution is 2.32. The molecule has 0 radical (unpaired) electrons. The van der Waals surface area contributed by atoms with Gasteiger partial charge in [-0.2, -0.15) is 0 Å². The van der Waals surface area contributed by atoms with Gasteiger partial charge in [-0.3, -0.25) is 4.79 Å². The van der Waals surface area contributed by atoms with Crippen LogP contribution in [-0.4, -0.2) is 22.0 Å². The van der Waals surface area contributed by atoms with Gasteiger partial charge in [0.05, 0.1) is 5.56 Å². The summed E-state index contributed by atoms with van der Waals surface area (Å²) in [7, 11) is 0. The van der Waals surface area contributed by atoms with Crippen LogP contribution in [0.5, 0.6) is 5.75 Å². The van der Waals surface area contributed by atoms with Crippen molar-refractivity contribution in [2.75, 3.05) is 0 Å². The number of fused-ring (bicyclic) bond motifs is 1. The first-order chi connectivity index (χ1) is 7.11. The number of ketones is 1. The second-order valence-corrected chi connectivity index (χ2v) is 3.88. The van der Waals surface area contributed by atoms with Crippen LogP contribution >= 0.6 is 11.3 Å². The molecule has 0 aliphatic rings. The van der Waals surface area contributed by atoms with E-state index in [2.05, 4.69) is 0 Å². The minimum absolute atomic E-state index is 0.173. The summed E-state index contributed by atoms with van der Waals surface area (Å²) >= 11 is 1.41. The number of rotatable bonds is 2. The van der Waals surface area contributed by atoms with E-state index in [4.69, 9.17) is 5.11 Å². The minimum Gasteiger partial charge on any atom is -0.506 e. The van der Waals surface area contributed by atoms with Crippen LogP contribution in [0, 0.1) is 0 Å². The van der Waals surface area contributed by atoms with Crippen molar-refractivity contribution in [1.82, 2.24) is 0 Å². The molecule has 0 aliphatic heterocycles. The number of carboxylic acid groups (broad SMARTS) is 1. The summed E-state index contributed by atoms with van der Waals surface area (Å²) in [6.07, 6.45) is 0. The number of hydrogen-bond acceptors (Lipinski definition) is 4. The maximum atomic E-state index is 11.2. The molecular formula is C10H6O4S. The number of thiophene rings is 1. The molecule has 76 valence electrons. The summed E-state index contributed by atoms with van der Waals surface area (Å²) < 4.78 is 0.814. The Kier molecular flexibility index (Phi) is 2.17. The molecule has 0 atom stereocenters. The second kappa shape index (κ2) is 3.36. The average molecular weight is 222 g/mol. The van der Waals surface area contributed by atoms with Gasteiger partial charge in [0, 0.05) is 10.1 Å². The molecule has 4 nitrogen and oxygen atoms in total. The zero-order valence-electron chi connectivity index (χ0n) is 7.43. The van der Waals surface area contributed by atoms with E-state index >= 15 is 0 Å². The zero-order chi connectivity index (χ0) is 11.0. The van der Waals surface area contributed by atoms with Crippen molar-refractivity contribution < 1.29 is 19.8 Å². The molecule has 1 aromatic carbocycles. The summed E-state index contributed by atoms with van der Waals surface area (Å²) in [6.45, 7) is 0. The Hall–Kier alpha value is -1.88. The van der Waals surface area contributed by atoms with Crippen LogP contribution in [0.15, 0.2) is 23.6 Å². The van der Waals surface area contributed by atoms with Crippen LogP contribution < -0.4 is 0 Å². The summed E-state index contributed by atoms with van der Waals surface area (Å²) in [4.78, 5) is 21.6. The maximum absolute atomic E-state index is 11.2. The van der Waals surface area contributed by atoms with E-state index in [0.29, 0.717) is 5.39 Å². The largest absolute Gasteiger partial charge is 0.506 e. The van der Waals surface area contributed by atoms with Crippen molar-refractivity contribution in [2.45, 2.75) is 0 Å². The highest BCUT2D eigenvalue weighted by molar-refractivity contribution is 7.17. The average Bonchev–Trinajstić information content (AvgIpc) is 2.66. The predicted molar refractivity (Wildman–Crippen MR) is 55.5 cm³/mol. The molecule has 2 aromatic rings. The fourth-order valence-corrected chi connectivity index (χ4v) is 2.12. The van der Waals surface area contributed by atoms with Gasteiger partial charge < -0.3 is 10.2 Å². The normalized spacial score (nSPS) is 10.4. The van der Waals surface area contributed by atoms with E-state index < -0.39 is 11.8 Å². The van der Waals surface area contributed by atoms with Gasteiger partial charge in [-0.25, -0.2) is 4.79 Å². The van der Waals surface area contributed by atoms with E-state index in [9.17, 15) is 14.7 Å². The molecule has 1 heterocycles. The quantitative estimate of drug-likeness (QED) is 0.601. The van der Waals surface area contributed by atoms with Gasteiger partial charge >= 0.3 is 5.97 Å². The topological polar surface area (TPSA) is 74.6 Å². The Balaban J connectivity index is 2.67. The molecule has 0 bridgehead atoms. The Morgan fingerprint density at radius 2 is 1.93 bits per heavy atom. The van der Waals surface area contributed by atoms with Gasteiger partial charge in [0.1, 0.15) is 5.75 Å². The number of carboxylic acids is 1. The fourth-order valence-electron chi connectivity index (χ4n) is 1.33. The van der Waals surface area contributed by atoms with Crippen molar-refractivity contribution in [1.29, 1.82) is 0 Å². The second-order valence-electron chi connectivity index (χ2n) is 2.93. The highest BCUT2D eigenvalue weighted by Gasteiger charge is 2.20. The monoisotopic (exact) mass is 222 g/mol. The third kappa shape index (κ3) is 1.46. The van der Waals surface area contributed by atoms with Gasteiger partial charge in [0.2, 0.25) is 0 Å². The van der Waals surface area contributed by atoms with Crippen LogP contribution in [0.3, 0.4) is 0 Å². The third-order valence-electron chi connectivity index (χ3n) is 2.05. The fraction of sp³-hybridized carbons (Fsp3) is 0. The smallest absolute Gasteiger partial charge is 0.377 e. The molecule has 2 N–H and O–H groups in total. The van der Waals surface area contributed by atoms with E-state index in [1.165, 1.54) is 17.4 Å². The minimum atomic E-state index is -1.57. The highest BCUT2D eigenvalue weighted by atomic mass is 32.1. The lowest BCUT2D eigenvalue weighted by molar-refractivity contribution is -0.131. The van der Waals surface area contributed by atoms with Crippen molar-refractivity contribution in [3.63, 3.8) is 0 Å². The SMILES string of the molecule is O=C(O)C(=O)c1ccc2sccc2c1O. The number of aliphatic carboxylic acids is 1. The summed E-state index contributed by atoms with van der Waals surface area (Å²) in [5, 5.41) is 20.5. The summed E-state index contributed by atoms with van der Waals surface area (Å²) in [5.41, 5.74) is -0.173. The lowest BCUT2D eigenvalue weighted by Gasteiger charge is -2.01. The van der Waals surface area contributed by atoms with Crippen molar-refractivity contribution >= 4 is 33.2 Å². The first kappa shape index (κ1) is 9.67. The van der Waals surface area contributed by atoms with Gasteiger partial charge in [-0.1, -0.05) is 0 Å². The molecule has 1 aromatic heterocycles. The van der Waals surface area contributed by atoms with Crippen LogP contribution in [0.1, 0.15) is 10.4 Å². The predicted octanol–water partition coefficient (Wildman–Crippen LogP) is 1.87. The first-order valence-electron chi connectivity index (χ1n) is 4.08. The molecule has 15 heavy (non-hydrogen) atoms. The number of Topliss-reactive ketones (excluding diaryl/α,β-unsaturated/α-hetero) is 1. The molecule has 0 spiro atoms. The Morgan fingerprint density at radius 3 is 2.60 bits per heavy atom. The standard InChI is InChI=1S/C10H6O4S/c11-8-5-3-4-15-7(5)2-1-6(8)9(12)10(13)14/h1-4,11H,(H,13,14). The Morgan fingerprint density at radius 1 is 1.20 bits per heavy atom. The third-order valence-corrected chi connectivity index (χ3v) is 2.93. The summed E-state index contributed by atoms with van der Waals surface area (Å²) in [5.74, 6) is -2.93. The first-order valence-corrected chi connectivity index (χ1v) is 4.96. The van der Waals surface area contributed by atoms with Gasteiger partial charge in [-0.05, 0) is 23.6 Å². The molecule has 0 fully saturated rings. The van der Waals surface area contributed by atoms with Gasteiger partial charge in [0.15, 0.2) is 0 Å². The van der Waals surface area contributed by atoms with Gasteiger partial charge in [0.25, 0.3) is 5.78 Å². The van der Waals surface area contributed by atoms with E-state index in [1.54, 1.807) is 17.5 Å². The number of benzene rings is 1. The number of carbonyl (C=O) groups excluding carboxylic acids is 1. The number of phenolic OH excluding ortho intramolecular Hbond substituents is 1. The molecule has 0 saturated heterocycles. The number of aromatic hydroxyl groups is 1. The molecule has 0 aliphatic carbocycles. The number of phenols is 1. The van der Waals surface area contributed by atoms with E-state index in [-0.39, 0.29) is 11.3 Å². The van der Waals surface area contributed by atoms with Crippen molar-refractivity contribution in [3.05, 3.63) is 29.1 Å². The Bertz CT molecular complexity index is 556. The number of carbonyl (C=O) groups is 2. The van der Waals surface area contributed by atoms with Crippen LogP contribution in [0.2, 0.25) is 0 Å². The lowest BCUT2D eigenvalue weighted by atomic mass is 10.1. The molecular weight excluding hydrogens is 216 g/mol. The molecule has 0 unspecified atom stereocenters. The van der Waals surface area contributed by atoms with Crippen LogP contribution in [0.4, 0.5) is 0 Å². The van der Waals surface area contributed by atoms with E-state index in [0.717, 1.165) is 4.70 Å². The maximum Gasteiger partial charge on any atom is 0.377 e. The molecule has 2 rings (SSSR count). The van der Waals surface area contributed by atoms with Crippen LogP contribution in [0.25, 0.3) is 10.1 Å². The van der Waals surface area contributed by atoms with Crippen molar-refractivity contribution in [3.8, 4) is 5.75 Å². The Labute approximate surface area is 88.4 Å². The number of hydrogen-bond donors (Lipinski definition) is 2. The lowest BCUT2D eigenvalue weighted by Crippen LogP contribution is -2.12. The van der Waals surface area contributed by atoms with Crippen molar-refractivity contribution in [2.24, 2.45) is 0 Å². The molecule has 5 heteroatoms. The molecule has 0 amide bonds. The van der Waals surface area contributed by atoms with Gasteiger partial charge in [-0.15, -0.1) is 11.3 Å². The molecule has 0 saturated carbocycles.